The molecule has 2 aromatic rings. The molecule has 0 aromatic carbocycles. The van der Waals surface area contributed by atoms with Crippen LogP contribution in [0.3, 0.4) is 0 Å². The van der Waals surface area contributed by atoms with Gasteiger partial charge in [0.2, 0.25) is 0 Å². The quantitative estimate of drug-likeness (QED) is 0.922. The average Bonchev–Trinajstić information content (AvgIpc) is 3.03. The third kappa shape index (κ3) is 2.53. The van der Waals surface area contributed by atoms with Crippen molar-refractivity contribution in [2.45, 2.75) is 19.9 Å². The van der Waals surface area contributed by atoms with E-state index in [9.17, 15) is 4.79 Å². The van der Waals surface area contributed by atoms with E-state index in [1.54, 1.807) is 12.3 Å². The number of H-pyrrole nitrogens is 1. The molecule has 3 heterocycles. The maximum atomic E-state index is 12.8. The number of hydrogen-bond acceptors (Lipinski definition) is 3. The van der Waals surface area contributed by atoms with E-state index in [2.05, 4.69) is 10.1 Å². The second-order valence-corrected chi connectivity index (χ2v) is 5.97. The van der Waals surface area contributed by atoms with Crippen LogP contribution in [0.15, 0.2) is 12.3 Å². The van der Waals surface area contributed by atoms with Gasteiger partial charge >= 0.3 is 0 Å². The number of carbonyl (C=O) groups is 1. The van der Waals surface area contributed by atoms with Crippen molar-refractivity contribution in [2.75, 3.05) is 19.8 Å². The molecule has 1 saturated heterocycles. The van der Waals surface area contributed by atoms with E-state index in [4.69, 9.17) is 16.3 Å². The summed E-state index contributed by atoms with van der Waals surface area (Å²) in [4.78, 5) is 17.5. The van der Waals surface area contributed by atoms with Gasteiger partial charge in [-0.3, -0.25) is 9.48 Å². The van der Waals surface area contributed by atoms with Crippen LogP contribution in [0.2, 0.25) is 5.02 Å². The van der Waals surface area contributed by atoms with Gasteiger partial charge in [-0.15, -0.1) is 0 Å². The second-order valence-electron chi connectivity index (χ2n) is 5.53. The normalized spacial score (nSPS) is 18.7. The van der Waals surface area contributed by atoms with Gasteiger partial charge in [-0.25, -0.2) is 0 Å². The van der Waals surface area contributed by atoms with Crippen LogP contribution < -0.4 is 0 Å². The second kappa shape index (κ2) is 5.78. The van der Waals surface area contributed by atoms with Crippen LogP contribution in [0, 0.1) is 13.8 Å². The molecule has 3 rings (SSSR count). The van der Waals surface area contributed by atoms with E-state index in [-0.39, 0.29) is 11.9 Å². The van der Waals surface area contributed by atoms with Crippen LogP contribution in [0.5, 0.6) is 0 Å². The zero-order valence-electron chi connectivity index (χ0n) is 12.9. The number of carbonyl (C=O) groups excluding carboxylic acids is 1. The number of amides is 1. The summed E-state index contributed by atoms with van der Waals surface area (Å²) in [5.74, 6) is -0.0668. The summed E-state index contributed by atoms with van der Waals surface area (Å²) in [6, 6.07) is 1.52. The van der Waals surface area contributed by atoms with Crippen LogP contribution in [-0.2, 0) is 11.8 Å². The van der Waals surface area contributed by atoms with Gasteiger partial charge in [0, 0.05) is 31.0 Å². The molecule has 1 unspecified atom stereocenters. The molecule has 118 valence electrons. The third-order valence-electron chi connectivity index (χ3n) is 4.17. The number of rotatable bonds is 2. The molecule has 0 saturated carbocycles. The highest BCUT2D eigenvalue weighted by Crippen LogP contribution is 2.30. The molecule has 0 aliphatic carbocycles. The van der Waals surface area contributed by atoms with Gasteiger partial charge in [-0.1, -0.05) is 11.6 Å². The van der Waals surface area contributed by atoms with E-state index >= 15 is 0 Å². The van der Waals surface area contributed by atoms with Crippen molar-refractivity contribution in [3.8, 4) is 0 Å². The fraction of sp³-hybridized carbons (Fsp3) is 0.467. The Bertz CT molecular complexity index is 706. The highest BCUT2D eigenvalue weighted by atomic mass is 35.5. The molecule has 7 heteroatoms. The Morgan fingerprint density at radius 2 is 2.27 bits per heavy atom. The summed E-state index contributed by atoms with van der Waals surface area (Å²) in [6.45, 7) is 5.54. The van der Waals surface area contributed by atoms with E-state index < -0.39 is 0 Å². The summed E-state index contributed by atoms with van der Waals surface area (Å²) in [5, 5.41) is 4.98. The number of aromatic nitrogens is 3. The average molecular weight is 323 g/mol. The Kier molecular flexibility index (Phi) is 3.97. The van der Waals surface area contributed by atoms with Gasteiger partial charge in [0.25, 0.3) is 5.91 Å². The minimum Gasteiger partial charge on any atom is -0.377 e. The first-order valence-corrected chi connectivity index (χ1v) is 7.59. The van der Waals surface area contributed by atoms with Gasteiger partial charge in [0.1, 0.15) is 5.69 Å². The van der Waals surface area contributed by atoms with Crippen LogP contribution in [-0.4, -0.2) is 45.3 Å². The highest BCUT2D eigenvalue weighted by Gasteiger charge is 2.33. The third-order valence-corrected chi connectivity index (χ3v) is 4.38. The van der Waals surface area contributed by atoms with Gasteiger partial charge in [-0.05, 0) is 19.9 Å². The number of morpholine rings is 1. The standard InChI is InChI=1S/C15H19ClN4O2/c1-9-14(10(2)19(3)18-9)13-8-22-5-4-20(13)15(21)12-6-11(16)7-17-12/h6-7,13,17H,4-5,8H2,1-3H3. The maximum absolute atomic E-state index is 12.8. The first-order chi connectivity index (χ1) is 10.5. The number of aryl methyl sites for hydroxylation is 2. The van der Waals surface area contributed by atoms with Crippen molar-refractivity contribution >= 4 is 17.5 Å². The number of ether oxygens (including phenoxy) is 1. The number of nitrogens with zero attached hydrogens (tertiary/aromatic N) is 3. The lowest BCUT2D eigenvalue weighted by Gasteiger charge is -2.35. The highest BCUT2D eigenvalue weighted by molar-refractivity contribution is 6.30. The minimum atomic E-state index is -0.128. The molecular weight excluding hydrogens is 304 g/mol. The molecule has 1 aliphatic heterocycles. The van der Waals surface area contributed by atoms with Crippen LogP contribution in [0.1, 0.15) is 33.5 Å². The zero-order valence-corrected chi connectivity index (χ0v) is 13.6. The Morgan fingerprint density at radius 3 is 2.86 bits per heavy atom. The van der Waals surface area contributed by atoms with Crippen molar-refractivity contribution in [2.24, 2.45) is 7.05 Å². The van der Waals surface area contributed by atoms with Crippen molar-refractivity contribution in [3.63, 3.8) is 0 Å². The van der Waals surface area contributed by atoms with E-state index in [0.29, 0.717) is 30.5 Å². The van der Waals surface area contributed by atoms with Crippen LogP contribution in [0.25, 0.3) is 0 Å². The smallest absolute Gasteiger partial charge is 0.270 e. The van der Waals surface area contributed by atoms with E-state index in [0.717, 1.165) is 17.0 Å². The van der Waals surface area contributed by atoms with Crippen molar-refractivity contribution < 1.29 is 9.53 Å². The Morgan fingerprint density at radius 1 is 1.50 bits per heavy atom. The maximum Gasteiger partial charge on any atom is 0.270 e. The molecule has 1 aliphatic rings. The molecule has 6 nitrogen and oxygen atoms in total. The SMILES string of the molecule is Cc1nn(C)c(C)c1C1COCCN1C(=O)c1cc(Cl)c[nH]1. The van der Waals surface area contributed by atoms with Gasteiger partial charge in [0.05, 0.1) is 30.0 Å². The molecule has 1 amide bonds. The first kappa shape index (κ1) is 15.1. The van der Waals surface area contributed by atoms with Gasteiger partial charge in [-0.2, -0.15) is 5.10 Å². The number of halogens is 1. The lowest BCUT2D eigenvalue weighted by Crippen LogP contribution is -2.44. The fourth-order valence-corrected chi connectivity index (χ4v) is 3.17. The van der Waals surface area contributed by atoms with Crippen molar-refractivity contribution in [1.82, 2.24) is 19.7 Å². The monoisotopic (exact) mass is 322 g/mol. The molecule has 0 radical (unpaired) electrons. The fourth-order valence-electron chi connectivity index (χ4n) is 3.00. The number of hydrogen-bond donors (Lipinski definition) is 1. The van der Waals surface area contributed by atoms with Crippen LogP contribution >= 0.6 is 11.6 Å². The van der Waals surface area contributed by atoms with Gasteiger partial charge in [0.15, 0.2) is 0 Å². The molecule has 1 fully saturated rings. The Hall–Kier alpha value is -1.79. The first-order valence-electron chi connectivity index (χ1n) is 7.21. The lowest BCUT2D eigenvalue weighted by atomic mass is 10.0. The predicted octanol–water partition coefficient (Wildman–Crippen LogP) is 2.23. The van der Waals surface area contributed by atoms with Crippen molar-refractivity contribution in [1.29, 1.82) is 0 Å². The minimum absolute atomic E-state index is 0.0668. The predicted molar refractivity (Wildman–Crippen MR) is 83.1 cm³/mol. The number of aromatic amines is 1. The summed E-state index contributed by atoms with van der Waals surface area (Å²) in [5.41, 5.74) is 3.54. The van der Waals surface area contributed by atoms with Gasteiger partial charge < -0.3 is 14.6 Å². The Balaban J connectivity index is 1.96. The lowest BCUT2D eigenvalue weighted by molar-refractivity contribution is -0.00332. The van der Waals surface area contributed by atoms with Crippen molar-refractivity contribution in [3.05, 3.63) is 39.9 Å². The summed E-state index contributed by atoms with van der Waals surface area (Å²) < 4.78 is 7.45. The number of nitrogens with one attached hydrogen (secondary N) is 1. The molecule has 0 spiro atoms. The molecule has 2 aromatic heterocycles. The zero-order chi connectivity index (χ0) is 15.9. The molecular formula is C15H19ClN4O2. The topological polar surface area (TPSA) is 63.1 Å². The summed E-state index contributed by atoms with van der Waals surface area (Å²) in [6.07, 6.45) is 1.62. The van der Waals surface area contributed by atoms with E-state index in [1.807, 2.05) is 30.5 Å². The molecule has 22 heavy (non-hydrogen) atoms. The molecule has 0 bridgehead atoms. The largest absolute Gasteiger partial charge is 0.377 e. The summed E-state index contributed by atoms with van der Waals surface area (Å²) >= 11 is 5.91. The molecule has 1 atom stereocenters. The Labute approximate surface area is 134 Å². The molecule has 1 N–H and O–H groups in total. The summed E-state index contributed by atoms with van der Waals surface area (Å²) in [7, 11) is 1.91. The van der Waals surface area contributed by atoms with E-state index in [1.165, 1.54) is 0 Å². The van der Waals surface area contributed by atoms with Crippen LogP contribution in [0.4, 0.5) is 0 Å².